The third-order valence-corrected chi connectivity index (χ3v) is 3.73. The van der Waals surface area contributed by atoms with Crippen molar-refractivity contribution < 1.29 is 9.47 Å². The van der Waals surface area contributed by atoms with Crippen molar-refractivity contribution >= 4 is 42.9 Å². The van der Waals surface area contributed by atoms with Crippen LogP contribution in [0.15, 0.2) is 21.3 Å². The molecule has 1 aromatic heterocycles. The van der Waals surface area contributed by atoms with Gasteiger partial charge >= 0.3 is 0 Å². The van der Waals surface area contributed by atoms with E-state index in [0.717, 1.165) is 11.0 Å². The number of halogens is 2. The normalized spacial score (nSPS) is 10.5. The summed E-state index contributed by atoms with van der Waals surface area (Å²) in [5.41, 5.74) is 1.49. The van der Waals surface area contributed by atoms with Crippen molar-refractivity contribution in [2.24, 2.45) is 0 Å². The Hall–Kier alpha value is -0.880. The summed E-state index contributed by atoms with van der Waals surface area (Å²) in [5, 5.41) is 0. The Kier molecular flexibility index (Phi) is 3.30. The fourth-order valence-corrected chi connectivity index (χ4v) is 1.90. The largest absolute Gasteiger partial charge is 0.493 e. The zero-order chi connectivity index (χ0) is 11.7. The van der Waals surface area contributed by atoms with E-state index in [0.29, 0.717) is 20.7 Å². The first-order valence-corrected chi connectivity index (χ1v) is 5.99. The lowest BCUT2D eigenvalue weighted by atomic mass is 10.2. The van der Waals surface area contributed by atoms with E-state index >= 15 is 0 Å². The number of rotatable bonds is 2. The molecule has 0 fully saturated rings. The summed E-state index contributed by atoms with van der Waals surface area (Å²) in [4.78, 5) is 8.66. The van der Waals surface area contributed by atoms with Crippen LogP contribution in [-0.2, 0) is 0 Å². The minimum atomic E-state index is 0.638. The molecule has 0 spiro atoms. The summed E-state index contributed by atoms with van der Waals surface area (Å²) in [6, 6.07) is 3.58. The van der Waals surface area contributed by atoms with Gasteiger partial charge in [-0.05, 0) is 31.9 Å². The highest BCUT2D eigenvalue weighted by molar-refractivity contribution is 9.13. The van der Waals surface area contributed by atoms with Crippen molar-refractivity contribution in [2.45, 2.75) is 0 Å². The summed E-state index contributed by atoms with van der Waals surface area (Å²) < 4.78 is 11.7. The van der Waals surface area contributed by atoms with Crippen LogP contribution in [0.25, 0.3) is 11.0 Å². The number of ether oxygens (including phenoxy) is 2. The fraction of sp³-hybridized carbons (Fsp3) is 0.200. The Bertz CT molecular complexity index is 497. The summed E-state index contributed by atoms with van der Waals surface area (Å²) in [5.74, 6) is 1.28. The van der Waals surface area contributed by atoms with E-state index in [-0.39, 0.29) is 0 Å². The molecule has 0 saturated heterocycles. The number of nitrogens with zero attached hydrogens (tertiary/aromatic N) is 2. The number of hydrogen-bond acceptors (Lipinski definition) is 4. The Morgan fingerprint density at radius 2 is 1.25 bits per heavy atom. The molecule has 0 bridgehead atoms. The zero-order valence-electron chi connectivity index (χ0n) is 8.62. The molecule has 0 atom stereocenters. The molecule has 0 aliphatic rings. The molecule has 0 unspecified atom stereocenters. The number of hydrogen-bond donors (Lipinski definition) is 0. The van der Waals surface area contributed by atoms with Crippen molar-refractivity contribution in [2.75, 3.05) is 14.2 Å². The summed E-state index contributed by atoms with van der Waals surface area (Å²) in [6.45, 7) is 0. The molecular weight excluding hydrogens is 340 g/mol. The van der Waals surface area contributed by atoms with Gasteiger partial charge in [0.05, 0.1) is 25.3 Å². The first-order valence-electron chi connectivity index (χ1n) is 4.40. The molecular formula is C10H8Br2N2O2. The third-order valence-electron chi connectivity index (χ3n) is 2.09. The maximum absolute atomic E-state index is 5.19. The second-order valence-electron chi connectivity index (χ2n) is 3.00. The van der Waals surface area contributed by atoms with Gasteiger partial charge in [0.1, 0.15) is 9.21 Å². The predicted molar refractivity (Wildman–Crippen MR) is 68.0 cm³/mol. The van der Waals surface area contributed by atoms with E-state index in [2.05, 4.69) is 41.8 Å². The molecule has 0 aliphatic heterocycles. The Morgan fingerprint density at radius 3 is 1.56 bits per heavy atom. The van der Waals surface area contributed by atoms with Crippen LogP contribution in [0.3, 0.4) is 0 Å². The highest BCUT2D eigenvalue weighted by atomic mass is 79.9. The van der Waals surface area contributed by atoms with E-state index in [1.807, 2.05) is 0 Å². The molecule has 16 heavy (non-hydrogen) atoms. The molecule has 2 aromatic rings. The molecule has 84 valence electrons. The van der Waals surface area contributed by atoms with E-state index < -0.39 is 0 Å². The van der Waals surface area contributed by atoms with Crippen molar-refractivity contribution in [3.8, 4) is 11.5 Å². The standard InChI is InChI=1S/C10H8Br2N2O2/c1-15-7-3-5-6(4-8(7)16-2)14-10(12)9(11)13-5/h3-4H,1-2H3. The van der Waals surface area contributed by atoms with Crippen molar-refractivity contribution in [1.29, 1.82) is 0 Å². The summed E-state index contributed by atoms with van der Waals surface area (Å²) in [6.07, 6.45) is 0. The molecule has 4 nitrogen and oxygen atoms in total. The Morgan fingerprint density at radius 1 is 0.875 bits per heavy atom. The van der Waals surface area contributed by atoms with Gasteiger partial charge in [0, 0.05) is 12.1 Å². The molecule has 0 saturated carbocycles. The van der Waals surface area contributed by atoms with E-state index in [1.165, 1.54) is 0 Å². The SMILES string of the molecule is COc1cc2nc(Br)c(Br)nc2cc1OC. The molecule has 0 aliphatic carbocycles. The van der Waals surface area contributed by atoms with Gasteiger partial charge in [-0.3, -0.25) is 0 Å². The van der Waals surface area contributed by atoms with E-state index in [9.17, 15) is 0 Å². The predicted octanol–water partition coefficient (Wildman–Crippen LogP) is 3.17. The number of benzene rings is 1. The second-order valence-corrected chi connectivity index (χ2v) is 4.50. The van der Waals surface area contributed by atoms with Gasteiger partial charge in [0.25, 0.3) is 0 Å². The molecule has 1 heterocycles. The van der Waals surface area contributed by atoms with Gasteiger partial charge in [-0.2, -0.15) is 0 Å². The van der Waals surface area contributed by atoms with E-state index in [1.54, 1.807) is 26.4 Å². The zero-order valence-corrected chi connectivity index (χ0v) is 11.8. The van der Waals surface area contributed by atoms with Gasteiger partial charge in [-0.25, -0.2) is 9.97 Å². The second kappa shape index (κ2) is 4.55. The molecule has 0 N–H and O–H groups in total. The van der Waals surface area contributed by atoms with Gasteiger partial charge in [0.2, 0.25) is 0 Å². The first-order chi connectivity index (χ1) is 7.65. The van der Waals surface area contributed by atoms with Crippen LogP contribution in [0.2, 0.25) is 0 Å². The van der Waals surface area contributed by atoms with Crippen LogP contribution < -0.4 is 9.47 Å². The Balaban J connectivity index is 2.73. The van der Waals surface area contributed by atoms with Gasteiger partial charge in [0.15, 0.2) is 11.5 Å². The highest BCUT2D eigenvalue weighted by Crippen LogP contribution is 2.32. The lowest BCUT2D eigenvalue weighted by Gasteiger charge is -2.08. The van der Waals surface area contributed by atoms with Crippen LogP contribution in [0.5, 0.6) is 11.5 Å². The van der Waals surface area contributed by atoms with E-state index in [4.69, 9.17) is 9.47 Å². The quantitative estimate of drug-likeness (QED) is 0.837. The third kappa shape index (κ3) is 1.99. The topological polar surface area (TPSA) is 44.2 Å². The fourth-order valence-electron chi connectivity index (χ4n) is 1.34. The maximum atomic E-state index is 5.19. The summed E-state index contributed by atoms with van der Waals surface area (Å²) >= 11 is 6.61. The molecule has 6 heteroatoms. The highest BCUT2D eigenvalue weighted by Gasteiger charge is 2.10. The lowest BCUT2D eigenvalue weighted by molar-refractivity contribution is 0.355. The van der Waals surface area contributed by atoms with Crippen molar-refractivity contribution in [1.82, 2.24) is 9.97 Å². The van der Waals surface area contributed by atoms with Crippen LogP contribution in [0, 0.1) is 0 Å². The monoisotopic (exact) mass is 346 g/mol. The minimum Gasteiger partial charge on any atom is -0.493 e. The van der Waals surface area contributed by atoms with Crippen LogP contribution in [0.1, 0.15) is 0 Å². The van der Waals surface area contributed by atoms with Crippen molar-refractivity contribution in [3.05, 3.63) is 21.3 Å². The minimum absolute atomic E-state index is 0.638. The first kappa shape index (κ1) is 11.6. The molecule has 1 aromatic carbocycles. The number of fused-ring (bicyclic) bond motifs is 1. The molecule has 2 rings (SSSR count). The number of aromatic nitrogens is 2. The average Bonchev–Trinajstić information content (AvgIpc) is 2.29. The van der Waals surface area contributed by atoms with Gasteiger partial charge < -0.3 is 9.47 Å². The van der Waals surface area contributed by atoms with Crippen LogP contribution in [-0.4, -0.2) is 24.2 Å². The average molecular weight is 348 g/mol. The molecule has 0 radical (unpaired) electrons. The molecule has 0 amide bonds. The van der Waals surface area contributed by atoms with Crippen molar-refractivity contribution in [3.63, 3.8) is 0 Å². The smallest absolute Gasteiger partial charge is 0.163 e. The number of methoxy groups -OCH3 is 2. The summed E-state index contributed by atoms with van der Waals surface area (Å²) in [7, 11) is 3.18. The lowest BCUT2D eigenvalue weighted by Crippen LogP contribution is -1.93. The van der Waals surface area contributed by atoms with Crippen LogP contribution in [0.4, 0.5) is 0 Å². The maximum Gasteiger partial charge on any atom is 0.163 e. The van der Waals surface area contributed by atoms with Gasteiger partial charge in [-0.15, -0.1) is 0 Å². The Labute approximate surface area is 109 Å². The van der Waals surface area contributed by atoms with Crippen LogP contribution >= 0.6 is 31.9 Å². The van der Waals surface area contributed by atoms with Gasteiger partial charge in [-0.1, -0.05) is 0 Å².